The van der Waals surface area contributed by atoms with Gasteiger partial charge in [0.15, 0.2) is 0 Å². The van der Waals surface area contributed by atoms with Crippen molar-refractivity contribution in [3.63, 3.8) is 0 Å². The quantitative estimate of drug-likeness (QED) is 0.798. The minimum absolute atomic E-state index is 0.484. The molecule has 3 nitrogen and oxygen atoms in total. The largest absolute Gasteiger partial charge is 0.384 e. The molecule has 2 rings (SSSR count). The summed E-state index contributed by atoms with van der Waals surface area (Å²) in [5.74, 6) is 2.65. The van der Waals surface area contributed by atoms with Gasteiger partial charge in [-0.2, -0.15) is 0 Å². The summed E-state index contributed by atoms with van der Waals surface area (Å²) in [4.78, 5) is 8.85. The van der Waals surface area contributed by atoms with Crippen LogP contribution >= 0.6 is 0 Å². The van der Waals surface area contributed by atoms with Crippen LogP contribution in [0.25, 0.3) is 0 Å². The molecule has 1 aromatic heterocycles. The molecule has 1 aromatic rings. The Bertz CT molecular complexity index is 331. The van der Waals surface area contributed by atoms with E-state index in [4.69, 9.17) is 5.73 Å². The number of nitrogens with two attached hydrogens (primary N) is 1. The molecule has 0 radical (unpaired) electrons. The van der Waals surface area contributed by atoms with E-state index in [0.29, 0.717) is 17.7 Å². The summed E-state index contributed by atoms with van der Waals surface area (Å²) in [7, 11) is 0. The van der Waals surface area contributed by atoms with Gasteiger partial charge in [-0.3, -0.25) is 0 Å². The Morgan fingerprint density at radius 3 is 2.79 bits per heavy atom. The van der Waals surface area contributed by atoms with Gasteiger partial charge >= 0.3 is 0 Å². The second-order valence-corrected chi connectivity index (χ2v) is 4.16. The second kappa shape index (κ2) is 3.56. The van der Waals surface area contributed by atoms with Crippen LogP contribution in [0.15, 0.2) is 6.07 Å². The van der Waals surface area contributed by atoms with E-state index in [1.807, 2.05) is 6.07 Å². The van der Waals surface area contributed by atoms with Crippen LogP contribution in [0.1, 0.15) is 56.5 Å². The first-order chi connectivity index (χ1) is 6.70. The molecule has 0 amide bonds. The molecule has 76 valence electrons. The smallest absolute Gasteiger partial charge is 0.134 e. The van der Waals surface area contributed by atoms with Gasteiger partial charge in [0, 0.05) is 17.7 Å². The van der Waals surface area contributed by atoms with Crippen molar-refractivity contribution >= 4 is 5.82 Å². The Labute approximate surface area is 84.8 Å². The number of nitrogens with zero attached hydrogens (tertiary/aromatic N) is 2. The van der Waals surface area contributed by atoms with E-state index in [0.717, 1.165) is 17.9 Å². The van der Waals surface area contributed by atoms with Gasteiger partial charge in [-0.05, 0) is 25.2 Å². The van der Waals surface area contributed by atoms with Crippen LogP contribution in [0.3, 0.4) is 0 Å². The molecular formula is C11H17N3. The van der Waals surface area contributed by atoms with Crippen LogP contribution in [0.4, 0.5) is 5.82 Å². The third kappa shape index (κ3) is 1.86. The highest BCUT2D eigenvalue weighted by Gasteiger charge is 2.27. The highest BCUT2D eigenvalue weighted by Crippen LogP contribution is 2.38. The lowest BCUT2D eigenvalue weighted by atomic mass is 10.0. The van der Waals surface area contributed by atoms with Gasteiger partial charge in [0.05, 0.1) is 0 Å². The standard InChI is InChI=1S/C11H17N3/c1-3-7(2)9-6-10(12)14-11(13-9)8-4-5-8/h6-8H,3-5H2,1-2H3,(H2,12,13,14). The maximum Gasteiger partial charge on any atom is 0.134 e. The first kappa shape index (κ1) is 9.44. The first-order valence-electron chi connectivity index (χ1n) is 5.35. The zero-order chi connectivity index (χ0) is 10.1. The summed E-state index contributed by atoms with van der Waals surface area (Å²) >= 11 is 0. The van der Waals surface area contributed by atoms with E-state index < -0.39 is 0 Å². The van der Waals surface area contributed by atoms with Crippen LogP contribution in [-0.2, 0) is 0 Å². The van der Waals surface area contributed by atoms with Crippen LogP contribution < -0.4 is 5.73 Å². The van der Waals surface area contributed by atoms with Crippen molar-refractivity contribution in [3.8, 4) is 0 Å². The molecular weight excluding hydrogens is 174 g/mol. The van der Waals surface area contributed by atoms with Crippen molar-refractivity contribution in [2.24, 2.45) is 0 Å². The zero-order valence-corrected chi connectivity index (χ0v) is 8.83. The monoisotopic (exact) mass is 191 g/mol. The van der Waals surface area contributed by atoms with E-state index in [9.17, 15) is 0 Å². The summed E-state index contributed by atoms with van der Waals surface area (Å²) < 4.78 is 0. The summed E-state index contributed by atoms with van der Waals surface area (Å²) in [6.07, 6.45) is 3.55. The number of nitrogen functional groups attached to an aromatic ring is 1. The van der Waals surface area contributed by atoms with Crippen molar-refractivity contribution in [2.45, 2.75) is 44.9 Å². The number of aromatic nitrogens is 2. The number of anilines is 1. The number of hydrogen-bond donors (Lipinski definition) is 1. The normalized spacial score (nSPS) is 18.1. The molecule has 2 N–H and O–H groups in total. The molecule has 0 spiro atoms. The predicted octanol–water partition coefficient (Wildman–Crippen LogP) is 2.45. The van der Waals surface area contributed by atoms with Crippen molar-refractivity contribution in [2.75, 3.05) is 5.73 Å². The van der Waals surface area contributed by atoms with Gasteiger partial charge < -0.3 is 5.73 Å². The van der Waals surface area contributed by atoms with Crippen molar-refractivity contribution in [3.05, 3.63) is 17.6 Å². The Hall–Kier alpha value is -1.12. The lowest BCUT2D eigenvalue weighted by Gasteiger charge is -2.09. The molecule has 0 saturated heterocycles. The maximum atomic E-state index is 5.77. The highest BCUT2D eigenvalue weighted by atomic mass is 15.0. The zero-order valence-electron chi connectivity index (χ0n) is 8.83. The summed E-state index contributed by atoms with van der Waals surface area (Å²) in [6.45, 7) is 4.35. The Morgan fingerprint density at radius 1 is 1.50 bits per heavy atom. The summed E-state index contributed by atoms with van der Waals surface area (Å²) in [5, 5.41) is 0. The average Bonchev–Trinajstić information content (AvgIpc) is 2.98. The van der Waals surface area contributed by atoms with Crippen molar-refractivity contribution in [1.29, 1.82) is 0 Å². The first-order valence-corrected chi connectivity index (χ1v) is 5.35. The van der Waals surface area contributed by atoms with Gasteiger partial charge in [0.2, 0.25) is 0 Å². The predicted molar refractivity (Wildman–Crippen MR) is 57.1 cm³/mol. The van der Waals surface area contributed by atoms with E-state index in [-0.39, 0.29) is 0 Å². The molecule has 3 heteroatoms. The molecule has 0 bridgehead atoms. The van der Waals surface area contributed by atoms with E-state index in [1.54, 1.807) is 0 Å². The van der Waals surface area contributed by atoms with Crippen LogP contribution in [0.2, 0.25) is 0 Å². The molecule has 1 heterocycles. The fraction of sp³-hybridized carbons (Fsp3) is 0.636. The minimum Gasteiger partial charge on any atom is -0.384 e. The SMILES string of the molecule is CCC(C)c1cc(N)nc(C2CC2)n1. The molecule has 1 saturated carbocycles. The Kier molecular flexibility index (Phi) is 2.40. The van der Waals surface area contributed by atoms with Gasteiger partial charge in [0.25, 0.3) is 0 Å². The molecule has 0 aliphatic heterocycles. The molecule has 1 unspecified atom stereocenters. The average molecular weight is 191 g/mol. The molecule has 0 aromatic carbocycles. The third-order valence-corrected chi connectivity index (χ3v) is 2.84. The molecule has 1 aliphatic rings. The number of hydrogen-bond acceptors (Lipinski definition) is 3. The summed E-state index contributed by atoms with van der Waals surface area (Å²) in [5.41, 5.74) is 6.87. The third-order valence-electron chi connectivity index (χ3n) is 2.84. The van der Waals surface area contributed by atoms with Crippen molar-refractivity contribution < 1.29 is 0 Å². The second-order valence-electron chi connectivity index (χ2n) is 4.16. The van der Waals surface area contributed by atoms with Crippen molar-refractivity contribution in [1.82, 2.24) is 9.97 Å². The van der Waals surface area contributed by atoms with Gasteiger partial charge in [0.1, 0.15) is 11.6 Å². The topological polar surface area (TPSA) is 51.8 Å². The molecule has 14 heavy (non-hydrogen) atoms. The van der Waals surface area contributed by atoms with E-state index >= 15 is 0 Å². The molecule has 1 atom stereocenters. The van der Waals surface area contributed by atoms with Gasteiger partial charge in [-0.1, -0.05) is 13.8 Å². The number of rotatable bonds is 3. The van der Waals surface area contributed by atoms with Crippen LogP contribution in [0.5, 0.6) is 0 Å². The Balaban J connectivity index is 2.30. The fourth-order valence-corrected chi connectivity index (χ4v) is 1.49. The van der Waals surface area contributed by atoms with E-state index in [2.05, 4.69) is 23.8 Å². The van der Waals surface area contributed by atoms with E-state index in [1.165, 1.54) is 12.8 Å². The van der Waals surface area contributed by atoms with Gasteiger partial charge in [-0.25, -0.2) is 9.97 Å². The minimum atomic E-state index is 0.484. The Morgan fingerprint density at radius 2 is 2.21 bits per heavy atom. The lowest BCUT2D eigenvalue weighted by Crippen LogP contribution is -2.04. The summed E-state index contributed by atoms with van der Waals surface area (Å²) in [6, 6.07) is 1.90. The molecule has 1 aliphatic carbocycles. The maximum absolute atomic E-state index is 5.77. The lowest BCUT2D eigenvalue weighted by molar-refractivity contribution is 0.694. The highest BCUT2D eigenvalue weighted by molar-refractivity contribution is 5.32. The molecule has 1 fully saturated rings. The van der Waals surface area contributed by atoms with Gasteiger partial charge in [-0.15, -0.1) is 0 Å². The van der Waals surface area contributed by atoms with Crippen LogP contribution in [-0.4, -0.2) is 9.97 Å². The van der Waals surface area contributed by atoms with Crippen LogP contribution in [0, 0.1) is 0 Å². The fourth-order valence-electron chi connectivity index (χ4n) is 1.49.